The molecule has 0 aromatic carbocycles. The Morgan fingerprint density at radius 3 is 2.56 bits per heavy atom. The monoisotopic (exact) mass is 282 g/mol. The lowest BCUT2D eigenvalue weighted by Gasteiger charge is -2.22. The smallest absolute Gasteiger partial charge is 0.255 e. The second-order valence-corrected chi connectivity index (χ2v) is 5.07. The Bertz CT molecular complexity index is 269. The van der Waals surface area contributed by atoms with E-state index < -0.39 is 6.43 Å². The SMILES string of the molecule is Cl.O=C(CCC1CCNC1)N(CC(F)F)C1CC1. The standard InChI is InChI=1S/C12H20F2N2O.ClH/c13-11(14)8-16(10-2-3-10)12(17)4-1-9-5-6-15-7-9;/h9-11,15H,1-8H2;1H. The summed E-state index contributed by atoms with van der Waals surface area (Å²) < 4.78 is 24.7. The number of nitrogens with one attached hydrogen (secondary N) is 1. The van der Waals surface area contributed by atoms with E-state index in [1.165, 1.54) is 4.90 Å². The van der Waals surface area contributed by atoms with Crippen molar-refractivity contribution in [1.29, 1.82) is 0 Å². The summed E-state index contributed by atoms with van der Waals surface area (Å²) in [6.07, 6.45) is 1.74. The Kier molecular flexibility index (Phi) is 6.29. The number of alkyl halides is 2. The molecule has 1 aliphatic heterocycles. The summed E-state index contributed by atoms with van der Waals surface area (Å²) in [5.41, 5.74) is 0. The lowest BCUT2D eigenvalue weighted by molar-refractivity contribution is -0.134. The van der Waals surface area contributed by atoms with Gasteiger partial charge in [-0.15, -0.1) is 12.4 Å². The van der Waals surface area contributed by atoms with Crippen LogP contribution in [0.4, 0.5) is 8.78 Å². The van der Waals surface area contributed by atoms with Crippen molar-refractivity contribution < 1.29 is 13.6 Å². The zero-order chi connectivity index (χ0) is 12.3. The van der Waals surface area contributed by atoms with Gasteiger partial charge < -0.3 is 10.2 Å². The first-order valence-electron chi connectivity index (χ1n) is 6.45. The normalized spacial score (nSPS) is 22.9. The van der Waals surface area contributed by atoms with Crippen LogP contribution < -0.4 is 5.32 Å². The molecule has 6 heteroatoms. The molecule has 1 heterocycles. The highest BCUT2D eigenvalue weighted by Crippen LogP contribution is 2.28. The molecule has 2 rings (SSSR count). The minimum absolute atomic E-state index is 0. The number of carbonyl (C=O) groups excluding carboxylic acids is 1. The molecule has 1 saturated heterocycles. The van der Waals surface area contributed by atoms with E-state index in [0.717, 1.165) is 38.8 Å². The van der Waals surface area contributed by atoms with Gasteiger partial charge in [0.15, 0.2) is 0 Å². The first-order chi connectivity index (χ1) is 8.16. The van der Waals surface area contributed by atoms with Gasteiger partial charge in [-0.3, -0.25) is 4.79 Å². The maximum absolute atomic E-state index is 12.4. The number of rotatable bonds is 6. The Balaban J connectivity index is 0.00000162. The summed E-state index contributed by atoms with van der Waals surface area (Å²) in [7, 11) is 0. The molecule has 1 atom stereocenters. The van der Waals surface area contributed by atoms with Crippen LogP contribution >= 0.6 is 12.4 Å². The molecule has 2 fully saturated rings. The van der Waals surface area contributed by atoms with Crippen molar-refractivity contribution in [2.24, 2.45) is 5.92 Å². The summed E-state index contributed by atoms with van der Waals surface area (Å²) in [5.74, 6) is 0.464. The van der Waals surface area contributed by atoms with Crippen LogP contribution in [0.3, 0.4) is 0 Å². The van der Waals surface area contributed by atoms with E-state index in [0.29, 0.717) is 12.3 Å². The predicted molar refractivity (Wildman–Crippen MR) is 68.2 cm³/mol. The van der Waals surface area contributed by atoms with Crippen LogP contribution in [-0.2, 0) is 4.79 Å². The maximum Gasteiger partial charge on any atom is 0.255 e. The molecule has 106 valence electrons. The lowest BCUT2D eigenvalue weighted by Crippen LogP contribution is -2.37. The number of hydrogen-bond acceptors (Lipinski definition) is 2. The molecule has 1 N–H and O–H groups in total. The third-order valence-electron chi connectivity index (χ3n) is 3.57. The van der Waals surface area contributed by atoms with Gasteiger partial charge in [0.25, 0.3) is 6.43 Å². The fraction of sp³-hybridized carbons (Fsp3) is 0.917. The van der Waals surface area contributed by atoms with E-state index in [4.69, 9.17) is 0 Å². The molecule has 0 spiro atoms. The predicted octanol–water partition coefficient (Wildman–Crippen LogP) is 2.05. The largest absolute Gasteiger partial charge is 0.334 e. The van der Waals surface area contributed by atoms with Gasteiger partial charge in [-0.05, 0) is 44.7 Å². The first-order valence-corrected chi connectivity index (χ1v) is 6.45. The number of hydrogen-bond donors (Lipinski definition) is 1. The van der Waals surface area contributed by atoms with Crippen LogP contribution in [0, 0.1) is 5.92 Å². The van der Waals surface area contributed by atoms with Crippen LogP contribution in [-0.4, -0.2) is 42.9 Å². The van der Waals surface area contributed by atoms with Gasteiger partial charge >= 0.3 is 0 Å². The molecule has 1 unspecified atom stereocenters. The summed E-state index contributed by atoms with van der Waals surface area (Å²) >= 11 is 0. The van der Waals surface area contributed by atoms with Gasteiger partial charge in [-0.25, -0.2) is 8.78 Å². The Labute approximate surface area is 113 Å². The van der Waals surface area contributed by atoms with Crippen LogP contribution in [0.2, 0.25) is 0 Å². The zero-order valence-electron chi connectivity index (χ0n) is 10.4. The zero-order valence-corrected chi connectivity index (χ0v) is 11.2. The summed E-state index contributed by atoms with van der Waals surface area (Å²) in [5, 5.41) is 3.25. The Hall–Kier alpha value is -0.420. The van der Waals surface area contributed by atoms with E-state index in [2.05, 4.69) is 5.32 Å². The highest BCUT2D eigenvalue weighted by Gasteiger charge is 2.34. The molecule has 1 aliphatic carbocycles. The third-order valence-corrected chi connectivity index (χ3v) is 3.57. The van der Waals surface area contributed by atoms with E-state index >= 15 is 0 Å². The number of amides is 1. The lowest BCUT2D eigenvalue weighted by atomic mass is 10.0. The quantitative estimate of drug-likeness (QED) is 0.809. The average Bonchev–Trinajstić information content (AvgIpc) is 2.99. The second kappa shape index (κ2) is 7.24. The maximum atomic E-state index is 12.4. The second-order valence-electron chi connectivity index (χ2n) is 5.07. The fourth-order valence-corrected chi connectivity index (χ4v) is 2.42. The average molecular weight is 283 g/mol. The Morgan fingerprint density at radius 1 is 1.33 bits per heavy atom. The fourth-order valence-electron chi connectivity index (χ4n) is 2.42. The van der Waals surface area contributed by atoms with Gasteiger partial charge in [0.2, 0.25) is 5.91 Å². The van der Waals surface area contributed by atoms with Crippen molar-refractivity contribution in [3.05, 3.63) is 0 Å². The van der Waals surface area contributed by atoms with Crippen molar-refractivity contribution in [3.8, 4) is 0 Å². The molecule has 0 aromatic heterocycles. The van der Waals surface area contributed by atoms with E-state index in [1.54, 1.807) is 0 Å². The summed E-state index contributed by atoms with van der Waals surface area (Å²) in [6, 6.07) is 0.0956. The molecule has 0 bridgehead atoms. The molecule has 0 aromatic rings. The van der Waals surface area contributed by atoms with Crippen LogP contribution in [0.1, 0.15) is 32.1 Å². The van der Waals surface area contributed by atoms with Gasteiger partial charge in [0.05, 0.1) is 6.54 Å². The summed E-state index contributed by atoms with van der Waals surface area (Å²) in [4.78, 5) is 13.3. The number of nitrogens with zero attached hydrogens (tertiary/aromatic N) is 1. The van der Waals surface area contributed by atoms with Gasteiger partial charge in [-0.1, -0.05) is 0 Å². The molecule has 3 nitrogen and oxygen atoms in total. The molecular formula is C12H21ClF2N2O. The van der Waals surface area contributed by atoms with Gasteiger partial charge in [0.1, 0.15) is 0 Å². The molecule has 0 radical (unpaired) electrons. The van der Waals surface area contributed by atoms with Crippen LogP contribution in [0.5, 0.6) is 0 Å². The third kappa shape index (κ3) is 4.69. The topological polar surface area (TPSA) is 32.3 Å². The van der Waals surface area contributed by atoms with Crippen molar-refractivity contribution in [2.45, 2.75) is 44.6 Å². The first kappa shape index (κ1) is 15.6. The summed E-state index contributed by atoms with van der Waals surface area (Å²) in [6.45, 7) is 1.60. The highest BCUT2D eigenvalue weighted by molar-refractivity contribution is 5.85. The minimum Gasteiger partial charge on any atom is -0.334 e. The highest BCUT2D eigenvalue weighted by atomic mass is 35.5. The van der Waals surface area contributed by atoms with E-state index in [1.807, 2.05) is 0 Å². The van der Waals surface area contributed by atoms with Crippen molar-refractivity contribution in [3.63, 3.8) is 0 Å². The van der Waals surface area contributed by atoms with Gasteiger partial charge in [-0.2, -0.15) is 0 Å². The molecule has 1 saturated carbocycles. The van der Waals surface area contributed by atoms with Crippen molar-refractivity contribution >= 4 is 18.3 Å². The van der Waals surface area contributed by atoms with E-state index in [-0.39, 0.29) is 30.9 Å². The van der Waals surface area contributed by atoms with Crippen LogP contribution in [0.15, 0.2) is 0 Å². The number of carbonyl (C=O) groups is 1. The van der Waals surface area contributed by atoms with Crippen molar-refractivity contribution in [2.75, 3.05) is 19.6 Å². The minimum atomic E-state index is -2.41. The van der Waals surface area contributed by atoms with Gasteiger partial charge in [0, 0.05) is 12.5 Å². The molecule has 1 amide bonds. The van der Waals surface area contributed by atoms with E-state index in [9.17, 15) is 13.6 Å². The van der Waals surface area contributed by atoms with Crippen LogP contribution in [0.25, 0.3) is 0 Å². The number of halogens is 3. The molecule has 2 aliphatic rings. The molecular weight excluding hydrogens is 262 g/mol. The Morgan fingerprint density at radius 2 is 2.06 bits per heavy atom. The van der Waals surface area contributed by atoms with Crippen molar-refractivity contribution in [1.82, 2.24) is 10.2 Å². The molecule has 18 heavy (non-hydrogen) atoms.